The van der Waals surface area contributed by atoms with Gasteiger partial charge in [-0.15, -0.1) is 6.42 Å². The van der Waals surface area contributed by atoms with E-state index in [1.165, 1.54) is 6.42 Å². The Bertz CT molecular complexity index is 660. The quantitative estimate of drug-likeness (QED) is 0.806. The fourth-order valence-corrected chi connectivity index (χ4v) is 3.46. The molecule has 5 heteroatoms. The van der Waals surface area contributed by atoms with Crippen LogP contribution in [0.2, 0.25) is 0 Å². The van der Waals surface area contributed by atoms with Crippen LogP contribution in [0.5, 0.6) is 5.75 Å². The van der Waals surface area contributed by atoms with Gasteiger partial charge < -0.3 is 14.7 Å². The maximum atomic E-state index is 13.0. The first-order valence-corrected chi connectivity index (χ1v) is 8.64. The first kappa shape index (κ1) is 18.9. The van der Waals surface area contributed by atoms with E-state index in [9.17, 15) is 9.59 Å². The summed E-state index contributed by atoms with van der Waals surface area (Å²) in [6.07, 6.45) is 10.9. The molecule has 0 aliphatic heterocycles. The summed E-state index contributed by atoms with van der Waals surface area (Å²) in [5, 5.41) is 8.77. The predicted molar refractivity (Wildman–Crippen MR) is 95.8 cm³/mol. The van der Waals surface area contributed by atoms with E-state index >= 15 is 0 Å². The number of carbonyl (C=O) groups is 2. The predicted octanol–water partition coefficient (Wildman–Crippen LogP) is 3.17. The lowest BCUT2D eigenvalue weighted by Gasteiger charge is -2.33. The number of aryl methyl sites for hydroxylation is 2. The van der Waals surface area contributed by atoms with Crippen molar-refractivity contribution in [3.05, 3.63) is 28.8 Å². The van der Waals surface area contributed by atoms with Gasteiger partial charge in [0.05, 0.1) is 6.54 Å². The van der Waals surface area contributed by atoms with Gasteiger partial charge in [-0.25, -0.2) is 4.79 Å². The van der Waals surface area contributed by atoms with Crippen LogP contribution in [0.4, 0.5) is 0 Å². The molecule has 0 atom stereocenters. The third kappa shape index (κ3) is 4.76. The van der Waals surface area contributed by atoms with Crippen LogP contribution in [-0.4, -0.2) is 41.1 Å². The average molecular weight is 343 g/mol. The Hall–Kier alpha value is -2.48. The van der Waals surface area contributed by atoms with E-state index < -0.39 is 12.6 Å². The molecule has 0 radical (unpaired) electrons. The molecule has 0 saturated heterocycles. The van der Waals surface area contributed by atoms with Gasteiger partial charge in [0.1, 0.15) is 5.75 Å². The largest absolute Gasteiger partial charge is 0.481 e. The Morgan fingerprint density at radius 3 is 2.36 bits per heavy atom. The molecule has 5 nitrogen and oxygen atoms in total. The second-order valence-electron chi connectivity index (χ2n) is 6.55. The van der Waals surface area contributed by atoms with Crippen molar-refractivity contribution in [3.63, 3.8) is 0 Å². The Balaban J connectivity index is 2.24. The van der Waals surface area contributed by atoms with Gasteiger partial charge in [0.15, 0.2) is 6.61 Å². The number of carboxylic acids is 1. The fourth-order valence-electron chi connectivity index (χ4n) is 3.46. The number of carboxylic acid groups (broad SMARTS) is 1. The summed E-state index contributed by atoms with van der Waals surface area (Å²) >= 11 is 0. The zero-order chi connectivity index (χ0) is 18.4. The summed E-state index contributed by atoms with van der Waals surface area (Å²) in [6.45, 7) is 3.53. The Labute approximate surface area is 149 Å². The molecule has 1 saturated carbocycles. The molecule has 0 aromatic heterocycles. The highest BCUT2D eigenvalue weighted by molar-refractivity contribution is 5.95. The van der Waals surface area contributed by atoms with E-state index in [0.717, 1.165) is 36.8 Å². The van der Waals surface area contributed by atoms with Gasteiger partial charge in [-0.1, -0.05) is 25.2 Å². The number of rotatable bonds is 6. The lowest BCUT2D eigenvalue weighted by Crippen LogP contribution is -2.41. The van der Waals surface area contributed by atoms with E-state index in [1.54, 1.807) is 17.0 Å². The van der Waals surface area contributed by atoms with Gasteiger partial charge >= 0.3 is 5.97 Å². The number of carbonyl (C=O) groups excluding carboxylic acids is 1. The number of amides is 1. The molecule has 1 aliphatic carbocycles. The Morgan fingerprint density at radius 2 is 1.84 bits per heavy atom. The van der Waals surface area contributed by atoms with E-state index in [0.29, 0.717) is 17.9 Å². The van der Waals surface area contributed by atoms with Gasteiger partial charge in [0.2, 0.25) is 0 Å². The van der Waals surface area contributed by atoms with Crippen molar-refractivity contribution in [2.45, 2.75) is 52.0 Å². The molecule has 2 rings (SSSR count). The summed E-state index contributed by atoms with van der Waals surface area (Å²) in [4.78, 5) is 25.5. The first-order valence-electron chi connectivity index (χ1n) is 8.64. The summed E-state index contributed by atoms with van der Waals surface area (Å²) in [5.41, 5.74) is 2.06. The summed E-state index contributed by atoms with van der Waals surface area (Å²) in [7, 11) is 0. The minimum absolute atomic E-state index is 0.0687. The Morgan fingerprint density at radius 1 is 1.24 bits per heavy atom. The van der Waals surface area contributed by atoms with Crippen LogP contribution >= 0.6 is 0 Å². The molecule has 1 amide bonds. The van der Waals surface area contributed by atoms with Gasteiger partial charge in [0, 0.05) is 11.6 Å². The van der Waals surface area contributed by atoms with Gasteiger partial charge in [-0.3, -0.25) is 4.79 Å². The molecule has 25 heavy (non-hydrogen) atoms. The molecule has 1 aliphatic rings. The second-order valence-corrected chi connectivity index (χ2v) is 6.55. The van der Waals surface area contributed by atoms with Gasteiger partial charge in [-0.05, 0) is 49.9 Å². The highest BCUT2D eigenvalue weighted by Crippen LogP contribution is 2.28. The lowest BCUT2D eigenvalue weighted by molar-refractivity contribution is -0.139. The van der Waals surface area contributed by atoms with E-state index in [2.05, 4.69) is 5.92 Å². The van der Waals surface area contributed by atoms with Crippen LogP contribution in [0.15, 0.2) is 12.1 Å². The third-order valence-electron chi connectivity index (χ3n) is 4.59. The molecular weight excluding hydrogens is 318 g/mol. The normalized spacial score (nSPS) is 14.6. The number of nitrogens with zero attached hydrogens (tertiary/aromatic N) is 1. The average Bonchev–Trinajstić information content (AvgIpc) is 2.58. The molecule has 1 aromatic rings. The van der Waals surface area contributed by atoms with Crippen molar-refractivity contribution in [2.24, 2.45) is 0 Å². The molecule has 1 aromatic carbocycles. The number of ether oxygens (including phenoxy) is 1. The molecule has 134 valence electrons. The number of hydrogen-bond donors (Lipinski definition) is 1. The van der Waals surface area contributed by atoms with Crippen molar-refractivity contribution in [1.29, 1.82) is 0 Å². The van der Waals surface area contributed by atoms with Crippen molar-refractivity contribution < 1.29 is 19.4 Å². The molecule has 1 N–H and O–H groups in total. The monoisotopic (exact) mass is 343 g/mol. The molecule has 0 spiro atoms. The summed E-state index contributed by atoms with van der Waals surface area (Å²) in [6, 6.07) is 3.69. The fraction of sp³-hybridized carbons (Fsp3) is 0.500. The second kappa shape index (κ2) is 8.57. The van der Waals surface area contributed by atoms with Crippen molar-refractivity contribution in [3.8, 4) is 18.1 Å². The zero-order valence-electron chi connectivity index (χ0n) is 14.9. The standard InChI is InChI=1S/C20H25NO4/c1-4-10-21(17-8-6-5-7-9-17)20(24)16-11-14(2)19(15(3)12-16)25-13-18(22)23/h1,11-12,17H,5-10,13H2,2-3H3,(H,22,23). The molecule has 0 heterocycles. The highest BCUT2D eigenvalue weighted by Gasteiger charge is 2.26. The minimum atomic E-state index is -1.03. The Kier molecular flexibility index (Phi) is 6.46. The van der Waals surface area contributed by atoms with E-state index in [4.69, 9.17) is 16.3 Å². The van der Waals surface area contributed by atoms with Crippen LogP contribution in [-0.2, 0) is 4.79 Å². The zero-order valence-corrected chi connectivity index (χ0v) is 14.9. The van der Waals surface area contributed by atoms with Crippen molar-refractivity contribution in [2.75, 3.05) is 13.2 Å². The third-order valence-corrected chi connectivity index (χ3v) is 4.59. The topological polar surface area (TPSA) is 66.8 Å². The van der Waals surface area contributed by atoms with Crippen LogP contribution in [0.25, 0.3) is 0 Å². The van der Waals surface area contributed by atoms with Gasteiger partial charge in [0.25, 0.3) is 5.91 Å². The summed E-state index contributed by atoms with van der Waals surface area (Å²) < 4.78 is 5.33. The van der Waals surface area contributed by atoms with Crippen LogP contribution in [0.3, 0.4) is 0 Å². The van der Waals surface area contributed by atoms with E-state index in [1.807, 2.05) is 13.8 Å². The smallest absolute Gasteiger partial charge is 0.341 e. The van der Waals surface area contributed by atoms with Crippen molar-refractivity contribution in [1.82, 2.24) is 4.90 Å². The van der Waals surface area contributed by atoms with Gasteiger partial charge in [-0.2, -0.15) is 0 Å². The van der Waals surface area contributed by atoms with Crippen LogP contribution in [0.1, 0.15) is 53.6 Å². The number of aliphatic carboxylic acids is 1. The number of benzene rings is 1. The van der Waals surface area contributed by atoms with E-state index in [-0.39, 0.29) is 11.9 Å². The number of terminal acetylenes is 1. The van der Waals surface area contributed by atoms with Crippen LogP contribution in [0, 0.1) is 26.2 Å². The molecule has 1 fully saturated rings. The maximum absolute atomic E-state index is 13.0. The molecule has 0 unspecified atom stereocenters. The minimum Gasteiger partial charge on any atom is -0.481 e. The SMILES string of the molecule is C#CCN(C(=O)c1cc(C)c(OCC(=O)O)c(C)c1)C1CCCCC1. The molecular formula is C20H25NO4. The lowest BCUT2D eigenvalue weighted by atomic mass is 9.93. The molecule has 0 bridgehead atoms. The maximum Gasteiger partial charge on any atom is 0.341 e. The highest BCUT2D eigenvalue weighted by atomic mass is 16.5. The van der Waals surface area contributed by atoms with Crippen molar-refractivity contribution >= 4 is 11.9 Å². The first-order chi connectivity index (χ1) is 11.9. The van der Waals surface area contributed by atoms with Crippen LogP contribution < -0.4 is 4.74 Å². The summed E-state index contributed by atoms with van der Waals surface area (Å²) in [5.74, 6) is 2.02. The number of hydrogen-bond acceptors (Lipinski definition) is 3.